The number of fused-ring (bicyclic) bond motifs is 1. The van der Waals surface area contributed by atoms with Gasteiger partial charge in [-0.1, -0.05) is 0 Å². The first-order valence-corrected chi connectivity index (χ1v) is 5.07. The van der Waals surface area contributed by atoms with E-state index in [-0.39, 0.29) is 18.4 Å². The Morgan fingerprint density at radius 2 is 2.29 bits per heavy atom. The van der Waals surface area contributed by atoms with Crippen LogP contribution in [-0.4, -0.2) is 26.8 Å². The highest BCUT2D eigenvalue weighted by Gasteiger charge is 2.35. The van der Waals surface area contributed by atoms with E-state index in [4.69, 9.17) is 5.11 Å². The van der Waals surface area contributed by atoms with Crippen LogP contribution in [0.1, 0.15) is 17.7 Å². The number of halogens is 2. The van der Waals surface area contributed by atoms with Crippen LogP contribution >= 0.6 is 0 Å². The van der Waals surface area contributed by atoms with Gasteiger partial charge in [-0.2, -0.15) is 5.10 Å². The molecule has 1 aliphatic carbocycles. The first kappa shape index (κ1) is 11.7. The Kier molecular flexibility index (Phi) is 2.68. The van der Waals surface area contributed by atoms with Gasteiger partial charge in [-0.15, -0.1) is 0 Å². The van der Waals surface area contributed by atoms with Gasteiger partial charge in [0.25, 0.3) is 11.5 Å². The van der Waals surface area contributed by atoms with Gasteiger partial charge in [0, 0.05) is 18.9 Å². The van der Waals surface area contributed by atoms with E-state index in [0.717, 1.165) is 10.7 Å². The SMILES string of the molecule is O=C(O)Cn1nc2c(cc1=O)CC(F)(F)CC2. The van der Waals surface area contributed by atoms with Crippen molar-refractivity contribution in [3.63, 3.8) is 0 Å². The Labute approximate surface area is 94.7 Å². The van der Waals surface area contributed by atoms with Crippen LogP contribution in [0.3, 0.4) is 0 Å². The lowest BCUT2D eigenvalue weighted by Gasteiger charge is -2.23. The van der Waals surface area contributed by atoms with E-state index in [9.17, 15) is 18.4 Å². The van der Waals surface area contributed by atoms with Crippen LogP contribution in [0.4, 0.5) is 8.78 Å². The lowest BCUT2D eigenvalue weighted by Crippen LogP contribution is -2.33. The van der Waals surface area contributed by atoms with Crippen molar-refractivity contribution in [3.05, 3.63) is 27.7 Å². The van der Waals surface area contributed by atoms with Gasteiger partial charge in [0.15, 0.2) is 0 Å². The average molecular weight is 244 g/mol. The van der Waals surface area contributed by atoms with Crippen LogP contribution in [0.2, 0.25) is 0 Å². The molecule has 0 saturated heterocycles. The van der Waals surface area contributed by atoms with Gasteiger partial charge < -0.3 is 5.11 Å². The van der Waals surface area contributed by atoms with E-state index in [2.05, 4.69) is 5.10 Å². The summed E-state index contributed by atoms with van der Waals surface area (Å²) in [6.45, 7) is -0.553. The molecule has 7 heteroatoms. The number of carbonyl (C=O) groups is 1. The number of rotatable bonds is 2. The number of hydrogen-bond donors (Lipinski definition) is 1. The molecule has 1 N–H and O–H groups in total. The third-order valence-electron chi connectivity index (χ3n) is 2.63. The number of hydrogen-bond acceptors (Lipinski definition) is 3. The van der Waals surface area contributed by atoms with Crippen LogP contribution in [0.25, 0.3) is 0 Å². The standard InChI is InChI=1S/C10H10F2N2O3/c11-10(12)2-1-7-6(4-10)3-8(15)14(13-7)5-9(16)17/h3H,1-2,4-5H2,(H,16,17). The van der Waals surface area contributed by atoms with Crippen LogP contribution in [-0.2, 0) is 24.2 Å². The number of carboxylic acid groups (broad SMARTS) is 1. The molecule has 0 aromatic carbocycles. The lowest BCUT2D eigenvalue weighted by atomic mass is 9.93. The Bertz CT molecular complexity index is 525. The van der Waals surface area contributed by atoms with Crippen molar-refractivity contribution >= 4 is 5.97 Å². The van der Waals surface area contributed by atoms with Gasteiger partial charge >= 0.3 is 5.97 Å². The minimum absolute atomic E-state index is 0.0578. The Morgan fingerprint density at radius 1 is 1.59 bits per heavy atom. The third kappa shape index (κ3) is 2.48. The highest BCUT2D eigenvalue weighted by molar-refractivity contribution is 5.66. The van der Waals surface area contributed by atoms with Gasteiger partial charge in [-0.3, -0.25) is 9.59 Å². The first-order valence-electron chi connectivity index (χ1n) is 5.07. The molecule has 0 amide bonds. The fourth-order valence-corrected chi connectivity index (χ4v) is 1.84. The summed E-state index contributed by atoms with van der Waals surface area (Å²) in [6.07, 6.45) is -0.765. The zero-order chi connectivity index (χ0) is 12.6. The molecule has 5 nitrogen and oxygen atoms in total. The van der Waals surface area contributed by atoms with E-state index in [1.165, 1.54) is 0 Å². The predicted molar refractivity (Wildman–Crippen MR) is 53.1 cm³/mol. The molecule has 0 bridgehead atoms. The number of nitrogens with zero attached hydrogens (tertiary/aromatic N) is 2. The minimum atomic E-state index is -2.81. The van der Waals surface area contributed by atoms with Crippen LogP contribution in [0.5, 0.6) is 0 Å². The molecule has 0 saturated carbocycles. The van der Waals surface area contributed by atoms with Gasteiger partial charge in [0.2, 0.25) is 0 Å². The van der Waals surface area contributed by atoms with Crippen molar-refractivity contribution in [2.45, 2.75) is 31.7 Å². The minimum Gasteiger partial charge on any atom is -0.480 e. The topological polar surface area (TPSA) is 72.2 Å². The van der Waals surface area contributed by atoms with Gasteiger partial charge in [-0.05, 0) is 12.0 Å². The number of aliphatic carboxylic acids is 1. The monoisotopic (exact) mass is 244 g/mol. The molecule has 0 spiro atoms. The molecule has 1 aromatic heterocycles. The Hall–Kier alpha value is -1.79. The fraction of sp³-hybridized carbons (Fsp3) is 0.500. The molecule has 0 atom stereocenters. The zero-order valence-corrected chi connectivity index (χ0v) is 8.82. The second kappa shape index (κ2) is 3.90. The molecule has 2 rings (SSSR count). The van der Waals surface area contributed by atoms with E-state index < -0.39 is 30.4 Å². The summed E-state index contributed by atoms with van der Waals surface area (Å²) >= 11 is 0. The normalized spacial score (nSPS) is 17.5. The van der Waals surface area contributed by atoms with E-state index in [1.807, 2.05) is 0 Å². The number of alkyl halides is 2. The maximum Gasteiger partial charge on any atom is 0.325 e. The van der Waals surface area contributed by atoms with Gasteiger partial charge in [-0.25, -0.2) is 13.5 Å². The summed E-state index contributed by atoms with van der Waals surface area (Å²) in [5.74, 6) is -4.00. The summed E-state index contributed by atoms with van der Waals surface area (Å²) in [5, 5.41) is 12.4. The molecule has 1 heterocycles. The number of aromatic nitrogens is 2. The largest absolute Gasteiger partial charge is 0.480 e. The van der Waals surface area contributed by atoms with E-state index >= 15 is 0 Å². The third-order valence-corrected chi connectivity index (χ3v) is 2.63. The van der Waals surface area contributed by atoms with Crippen LogP contribution in [0.15, 0.2) is 10.9 Å². The van der Waals surface area contributed by atoms with Crippen molar-refractivity contribution in [2.75, 3.05) is 0 Å². The molecule has 0 radical (unpaired) electrons. The molecular weight excluding hydrogens is 234 g/mol. The van der Waals surface area contributed by atoms with Crippen molar-refractivity contribution in [2.24, 2.45) is 0 Å². The average Bonchev–Trinajstić information content (AvgIpc) is 2.18. The first-order chi connectivity index (χ1) is 7.87. The maximum atomic E-state index is 13.1. The Morgan fingerprint density at radius 3 is 2.94 bits per heavy atom. The second-order valence-corrected chi connectivity index (χ2v) is 4.04. The summed E-state index contributed by atoms with van der Waals surface area (Å²) < 4.78 is 27.0. The van der Waals surface area contributed by atoms with E-state index in [1.54, 1.807) is 0 Å². The predicted octanol–water partition coefficient (Wildman–Crippen LogP) is 0.452. The number of carboxylic acids is 1. The summed E-state index contributed by atoms with van der Waals surface area (Å²) in [5.41, 5.74) is -0.0616. The highest BCUT2D eigenvalue weighted by Crippen LogP contribution is 2.31. The highest BCUT2D eigenvalue weighted by atomic mass is 19.3. The number of aryl methyl sites for hydroxylation is 1. The van der Waals surface area contributed by atoms with Gasteiger partial charge in [0.05, 0.1) is 5.69 Å². The molecule has 0 unspecified atom stereocenters. The maximum absolute atomic E-state index is 13.1. The zero-order valence-electron chi connectivity index (χ0n) is 8.82. The van der Waals surface area contributed by atoms with Crippen molar-refractivity contribution in [1.29, 1.82) is 0 Å². The molecule has 17 heavy (non-hydrogen) atoms. The van der Waals surface area contributed by atoms with Crippen molar-refractivity contribution in [1.82, 2.24) is 9.78 Å². The fourth-order valence-electron chi connectivity index (χ4n) is 1.84. The van der Waals surface area contributed by atoms with Gasteiger partial charge in [0.1, 0.15) is 6.54 Å². The smallest absolute Gasteiger partial charge is 0.325 e. The quantitative estimate of drug-likeness (QED) is 0.819. The van der Waals surface area contributed by atoms with Crippen LogP contribution in [0, 0.1) is 0 Å². The molecule has 0 fully saturated rings. The summed E-state index contributed by atoms with van der Waals surface area (Å²) in [6, 6.07) is 1.05. The van der Waals surface area contributed by atoms with Crippen molar-refractivity contribution in [3.8, 4) is 0 Å². The molecule has 92 valence electrons. The second-order valence-electron chi connectivity index (χ2n) is 4.04. The molecule has 0 aliphatic heterocycles. The summed E-state index contributed by atoms with van der Waals surface area (Å²) in [7, 11) is 0. The Balaban J connectivity index is 2.39. The van der Waals surface area contributed by atoms with Crippen LogP contribution < -0.4 is 5.56 Å². The summed E-state index contributed by atoms with van der Waals surface area (Å²) in [4.78, 5) is 21.9. The van der Waals surface area contributed by atoms with Crippen molar-refractivity contribution < 1.29 is 18.7 Å². The molecule has 1 aromatic rings. The lowest BCUT2D eigenvalue weighted by molar-refractivity contribution is -0.138. The molecular formula is C10H10F2N2O3. The molecule has 1 aliphatic rings. The van der Waals surface area contributed by atoms with E-state index in [0.29, 0.717) is 5.69 Å².